The molecule has 1 unspecified atom stereocenters. The van der Waals surface area contributed by atoms with E-state index in [2.05, 4.69) is 5.32 Å². The van der Waals surface area contributed by atoms with Crippen LogP contribution in [0.5, 0.6) is 0 Å². The maximum Gasteiger partial charge on any atom is 0.312 e. The van der Waals surface area contributed by atoms with Crippen molar-refractivity contribution >= 4 is 11.9 Å². The fourth-order valence-corrected chi connectivity index (χ4v) is 2.48. The van der Waals surface area contributed by atoms with Crippen LogP contribution in [-0.4, -0.2) is 41.0 Å². The molecule has 0 bridgehead atoms. The number of nitrogens with zero attached hydrogens (tertiary/aromatic N) is 1. The van der Waals surface area contributed by atoms with Crippen molar-refractivity contribution in [2.45, 2.75) is 31.8 Å². The van der Waals surface area contributed by atoms with E-state index < -0.39 is 17.4 Å². The Bertz CT molecular complexity index is 540. The second kappa shape index (κ2) is 5.25. The van der Waals surface area contributed by atoms with Crippen molar-refractivity contribution in [1.82, 2.24) is 10.2 Å². The predicted molar refractivity (Wildman–Crippen MR) is 75.4 cm³/mol. The number of amides is 1. The number of hydrogen-bond donors (Lipinski definition) is 2. The van der Waals surface area contributed by atoms with Crippen LogP contribution in [0.2, 0.25) is 0 Å². The van der Waals surface area contributed by atoms with Gasteiger partial charge in [0.25, 0.3) is 0 Å². The van der Waals surface area contributed by atoms with Crippen molar-refractivity contribution in [3.05, 3.63) is 35.4 Å². The Kier molecular flexibility index (Phi) is 3.81. The second-order valence-corrected chi connectivity index (χ2v) is 5.65. The van der Waals surface area contributed by atoms with Gasteiger partial charge in [0.1, 0.15) is 0 Å². The lowest BCUT2D eigenvalue weighted by atomic mass is 9.88. The number of nitrogens with one attached hydrogen (secondary N) is 1. The number of benzene rings is 1. The molecule has 0 aromatic heterocycles. The van der Waals surface area contributed by atoms with Gasteiger partial charge < -0.3 is 15.3 Å². The summed E-state index contributed by atoms with van der Waals surface area (Å²) in [4.78, 5) is 25.6. The van der Waals surface area contributed by atoms with Gasteiger partial charge in [-0.1, -0.05) is 24.3 Å². The van der Waals surface area contributed by atoms with Gasteiger partial charge in [-0.25, -0.2) is 0 Å². The average molecular weight is 276 g/mol. The second-order valence-electron chi connectivity index (χ2n) is 5.65. The van der Waals surface area contributed by atoms with Crippen molar-refractivity contribution in [1.29, 1.82) is 0 Å². The third kappa shape index (κ3) is 2.54. The minimum absolute atomic E-state index is 0.0826. The predicted octanol–water partition coefficient (Wildman–Crippen LogP) is 1.19. The van der Waals surface area contributed by atoms with Crippen LogP contribution in [0.25, 0.3) is 0 Å². The van der Waals surface area contributed by atoms with E-state index >= 15 is 0 Å². The average Bonchev–Trinajstić information content (AvgIpc) is 2.45. The van der Waals surface area contributed by atoms with Crippen LogP contribution < -0.4 is 5.32 Å². The number of carboxylic acids is 1. The molecule has 1 amide bonds. The summed E-state index contributed by atoms with van der Waals surface area (Å²) >= 11 is 0. The third-order valence-electron chi connectivity index (χ3n) is 3.94. The van der Waals surface area contributed by atoms with E-state index in [9.17, 15) is 14.7 Å². The number of carbonyl (C=O) groups excluding carboxylic acids is 1. The third-order valence-corrected chi connectivity index (χ3v) is 3.94. The molecule has 1 atom stereocenters. The zero-order valence-corrected chi connectivity index (χ0v) is 12.0. The molecule has 108 valence electrons. The van der Waals surface area contributed by atoms with Crippen LogP contribution in [-0.2, 0) is 16.1 Å². The van der Waals surface area contributed by atoms with Crippen molar-refractivity contribution in [2.75, 3.05) is 13.6 Å². The van der Waals surface area contributed by atoms with Gasteiger partial charge in [-0.15, -0.1) is 0 Å². The van der Waals surface area contributed by atoms with E-state index in [0.29, 0.717) is 6.54 Å². The molecule has 0 radical (unpaired) electrons. The molecule has 0 fully saturated rings. The van der Waals surface area contributed by atoms with Gasteiger partial charge in [-0.2, -0.15) is 0 Å². The molecule has 0 saturated carbocycles. The number of hydrogen-bond acceptors (Lipinski definition) is 3. The lowest BCUT2D eigenvalue weighted by Gasteiger charge is -2.37. The summed E-state index contributed by atoms with van der Waals surface area (Å²) in [5, 5.41) is 12.4. The normalized spacial score (nSPS) is 18.6. The molecule has 2 N–H and O–H groups in total. The Labute approximate surface area is 118 Å². The van der Waals surface area contributed by atoms with Crippen molar-refractivity contribution in [3.63, 3.8) is 0 Å². The number of fused-ring (bicyclic) bond motifs is 1. The van der Waals surface area contributed by atoms with Crippen LogP contribution in [0, 0.1) is 0 Å². The van der Waals surface area contributed by atoms with Gasteiger partial charge in [0.2, 0.25) is 5.91 Å². The van der Waals surface area contributed by atoms with E-state index in [1.165, 1.54) is 0 Å². The molecule has 1 aliphatic heterocycles. The van der Waals surface area contributed by atoms with Gasteiger partial charge in [0.15, 0.2) is 0 Å². The van der Waals surface area contributed by atoms with Crippen LogP contribution in [0.1, 0.15) is 30.9 Å². The molecule has 20 heavy (non-hydrogen) atoms. The van der Waals surface area contributed by atoms with Crippen molar-refractivity contribution in [3.8, 4) is 0 Å². The zero-order valence-electron chi connectivity index (χ0n) is 12.0. The Balaban J connectivity index is 2.34. The Morgan fingerprint density at radius 3 is 2.60 bits per heavy atom. The van der Waals surface area contributed by atoms with E-state index in [1.54, 1.807) is 25.8 Å². The van der Waals surface area contributed by atoms with E-state index in [0.717, 1.165) is 11.1 Å². The number of rotatable bonds is 3. The summed E-state index contributed by atoms with van der Waals surface area (Å²) in [5.41, 5.74) is 1.02. The van der Waals surface area contributed by atoms with Gasteiger partial charge in [-0.05, 0) is 32.0 Å². The monoisotopic (exact) mass is 276 g/mol. The number of aliphatic carboxylic acids is 1. The zero-order chi connectivity index (χ0) is 14.9. The van der Waals surface area contributed by atoms with Gasteiger partial charge in [0, 0.05) is 13.1 Å². The Hall–Kier alpha value is -1.88. The molecule has 1 aliphatic rings. The molecular formula is C15H20N2O3. The molecule has 1 aromatic rings. The standard InChI is InChI=1S/C15H20N2O3/c1-15(2,16-3)14(20)17-8-10-6-4-5-7-11(10)12(9-17)13(18)19/h4-7,12,16H,8-9H2,1-3H3,(H,18,19). The first-order chi connectivity index (χ1) is 9.36. The highest BCUT2D eigenvalue weighted by Crippen LogP contribution is 2.29. The Morgan fingerprint density at radius 2 is 2.00 bits per heavy atom. The first-order valence-electron chi connectivity index (χ1n) is 6.65. The Morgan fingerprint density at radius 1 is 1.35 bits per heavy atom. The van der Waals surface area contributed by atoms with E-state index in [4.69, 9.17) is 0 Å². The van der Waals surface area contributed by atoms with Crippen molar-refractivity contribution < 1.29 is 14.7 Å². The molecule has 5 nitrogen and oxygen atoms in total. The maximum atomic E-state index is 12.5. The SMILES string of the molecule is CNC(C)(C)C(=O)N1Cc2ccccc2C(C(=O)O)C1. The van der Waals surface area contributed by atoms with Gasteiger partial charge in [0.05, 0.1) is 11.5 Å². The van der Waals surface area contributed by atoms with Crippen LogP contribution >= 0.6 is 0 Å². The highest BCUT2D eigenvalue weighted by atomic mass is 16.4. The molecule has 2 rings (SSSR count). The lowest BCUT2D eigenvalue weighted by molar-refractivity contribution is -0.143. The number of likely N-dealkylation sites (N-methyl/N-ethyl adjacent to an activating group) is 1. The smallest absolute Gasteiger partial charge is 0.312 e. The summed E-state index contributed by atoms with van der Waals surface area (Å²) < 4.78 is 0. The largest absolute Gasteiger partial charge is 0.481 e. The maximum absolute atomic E-state index is 12.5. The number of carboxylic acid groups (broad SMARTS) is 1. The quantitative estimate of drug-likeness (QED) is 0.870. The van der Waals surface area contributed by atoms with Crippen LogP contribution in [0.4, 0.5) is 0 Å². The summed E-state index contributed by atoms with van der Waals surface area (Å²) in [6.45, 7) is 4.28. The van der Waals surface area contributed by atoms with Crippen LogP contribution in [0.15, 0.2) is 24.3 Å². The van der Waals surface area contributed by atoms with E-state index in [-0.39, 0.29) is 12.5 Å². The fourth-order valence-electron chi connectivity index (χ4n) is 2.48. The lowest BCUT2D eigenvalue weighted by Crippen LogP contribution is -2.54. The summed E-state index contributed by atoms with van der Waals surface area (Å²) in [7, 11) is 1.73. The molecule has 0 aliphatic carbocycles. The molecule has 1 heterocycles. The summed E-state index contributed by atoms with van der Waals surface area (Å²) in [6.07, 6.45) is 0. The van der Waals surface area contributed by atoms with Crippen LogP contribution in [0.3, 0.4) is 0 Å². The van der Waals surface area contributed by atoms with E-state index in [1.807, 2.05) is 24.3 Å². The minimum atomic E-state index is -0.891. The summed E-state index contributed by atoms with van der Waals surface area (Å²) in [6, 6.07) is 7.43. The minimum Gasteiger partial charge on any atom is -0.481 e. The number of carbonyl (C=O) groups is 2. The molecular weight excluding hydrogens is 256 g/mol. The highest BCUT2D eigenvalue weighted by molar-refractivity contribution is 5.87. The highest BCUT2D eigenvalue weighted by Gasteiger charge is 2.37. The van der Waals surface area contributed by atoms with Gasteiger partial charge in [-0.3, -0.25) is 9.59 Å². The fraction of sp³-hybridized carbons (Fsp3) is 0.467. The molecule has 0 spiro atoms. The molecule has 1 aromatic carbocycles. The summed E-state index contributed by atoms with van der Waals surface area (Å²) in [5.74, 6) is -1.63. The molecule has 5 heteroatoms. The van der Waals surface area contributed by atoms with Crippen molar-refractivity contribution in [2.24, 2.45) is 0 Å². The van der Waals surface area contributed by atoms with Gasteiger partial charge >= 0.3 is 5.97 Å². The topological polar surface area (TPSA) is 69.6 Å². The molecule has 0 saturated heterocycles. The first-order valence-corrected chi connectivity index (χ1v) is 6.65. The first kappa shape index (κ1) is 14.5.